The zero-order valence-electron chi connectivity index (χ0n) is 12.6. The van der Waals surface area contributed by atoms with Crippen molar-refractivity contribution in [3.63, 3.8) is 0 Å². The predicted octanol–water partition coefficient (Wildman–Crippen LogP) is 1.16. The quantitative estimate of drug-likeness (QED) is 0.758. The molecule has 0 unspecified atom stereocenters. The molecule has 0 heterocycles. The first-order chi connectivity index (χ1) is 9.62. The van der Waals surface area contributed by atoms with Gasteiger partial charge in [-0.05, 0) is 39.5 Å². The number of alkyl carbamates (subject to hydrolysis) is 1. The second-order valence-corrected chi connectivity index (χ2v) is 6.68. The Morgan fingerprint density at radius 2 is 1.90 bits per heavy atom. The third-order valence-electron chi connectivity index (χ3n) is 4.19. The van der Waals surface area contributed by atoms with Crippen molar-refractivity contribution in [3.8, 4) is 0 Å². The maximum absolute atomic E-state index is 11.9. The summed E-state index contributed by atoms with van der Waals surface area (Å²) in [6, 6.07) is 0. The van der Waals surface area contributed by atoms with Gasteiger partial charge >= 0.3 is 18.0 Å². The molecule has 0 bridgehead atoms. The molecule has 0 saturated heterocycles. The molecule has 2 saturated carbocycles. The summed E-state index contributed by atoms with van der Waals surface area (Å²) >= 11 is 0. The van der Waals surface area contributed by atoms with Crippen LogP contribution in [0.2, 0.25) is 0 Å². The first-order valence-electron chi connectivity index (χ1n) is 6.95. The fraction of sp³-hybridized carbons (Fsp3) is 0.786. The summed E-state index contributed by atoms with van der Waals surface area (Å²) in [5.74, 6) is -2.46. The van der Waals surface area contributed by atoms with E-state index in [1.54, 1.807) is 20.8 Å². The van der Waals surface area contributed by atoms with Crippen LogP contribution >= 0.6 is 0 Å². The molecule has 0 aromatic carbocycles. The van der Waals surface area contributed by atoms with E-state index < -0.39 is 41.0 Å². The molecule has 2 aliphatic rings. The van der Waals surface area contributed by atoms with Gasteiger partial charge in [-0.15, -0.1) is 0 Å². The van der Waals surface area contributed by atoms with Crippen LogP contribution < -0.4 is 5.32 Å². The molecule has 21 heavy (non-hydrogen) atoms. The van der Waals surface area contributed by atoms with Crippen molar-refractivity contribution in [1.29, 1.82) is 0 Å². The number of esters is 1. The number of amides is 1. The molecule has 0 aromatic rings. The molecule has 2 fully saturated rings. The Bertz CT molecular complexity index is 482. The highest BCUT2D eigenvalue weighted by atomic mass is 16.6. The van der Waals surface area contributed by atoms with Crippen molar-refractivity contribution in [3.05, 3.63) is 0 Å². The van der Waals surface area contributed by atoms with Crippen molar-refractivity contribution >= 4 is 18.0 Å². The fourth-order valence-corrected chi connectivity index (χ4v) is 3.36. The molecule has 0 spiro atoms. The van der Waals surface area contributed by atoms with Crippen LogP contribution in [0, 0.1) is 17.8 Å². The number of rotatable bonds is 3. The molecule has 7 heteroatoms. The fourth-order valence-electron chi connectivity index (χ4n) is 3.36. The van der Waals surface area contributed by atoms with Gasteiger partial charge < -0.3 is 19.9 Å². The molecule has 2 rings (SSSR count). The minimum Gasteiger partial charge on any atom is -0.479 e. The number of nitrogens with one attached hydrogen (secondary N) is 1. The Labute approximate surface area is 123 Å². The van der Waals surface area contributed by atoms with Gasteiger partial charge in [0.1, 0.15) is 11.1 Å². The lowest BCUT2D eigenvalue weighted by atomic mass is 9.90. The predicted molar refractivity (Wildman–Crippen MR) is 71.5 cm³/mol. The van der Waals surface area contributed by atoms with Gasteiger partial charge in [0, 0.05) is 5.92 Å². The van der Waals surface area contributed by atoms with Crippen molar-refractivity contribution in [2.75, 3.05) is 7.11 Å². The highest BCUT2D eigenvalue weighted by molar-refractivity contribution is 5.89. The van der Waals surface area contributed by atoms with Crippen molar-refractivity contribution < 1.29 is 29.0 Å². The summed E-state index contributed by atoms with van der Waals surface area (Å²) in [6.45, 7) is 5.10. The van der Waals surface area contributed by atoms with Crippen LogP contribution in [0.1, 0.15) is 33.6 Å². The first kappa shape index (κ1) is 15.6. The van der Waals surface area contributed by atoms with Crippen LogP contribution in [0.15, 0.2) is 0 Å². The van der Waals surface area contributed by atoms with Gasteiger partial charge in [-0.2, -0.15) is 0 Å². The summed E-state index contributed by atoms with van der Waals surface area (Å²) in [6.07, 6.45) is 0.0952. The number of ether oxygens (including phenoxy) is 2. The third-order valence-corrected chi connectivity index (χ3v) is 4.19. The summed E-state index contributed by atoms with van der Waals surface area (Å²) in [7, 11) is 1.28. The Morgan fingerprint density at radius 3 is 2.38 bits per heavy atom. The van der Waals surface area contributed by atoms with Gasteiger partial charge in [-0.1, -0.05) is 0 Å². The zero-order chi connectivity index (χ0) is 16.0. The molecule has 0 aromatic heterocycles. The van der Waals surface area contributed by atoms with E-state index in [9.17, 15) is 19.5 Å². The second kappa shape index (κ2) is 4.89. The van der Waals surface area contributed by atoms with E-state index in [-0.39, 0.29) is 5.92 Å². The maximum atomic E-state index is 11.9. The van der Waals surface area contributed by atoms with Crippen LogP contribution in [0.3, 0.4) is 0 Å². The minimum absolute atomic E-state index is 0.0384. The topological polar surface area (TPSA) is 102 Å². The van der Waals surface area contributed by atoms with Gasteiger partial charge in [0.15, 0.2) is 0 Å². The van der Waals surface area contributed by atoms with Crippen LogP contribution in [-0.2, 0) is 19.1 Å². The van der Waals surface area contributed by atoms with Crippen molar-refractivity contribution in [2.45, 2.75) is 44.8 Å². The lowest BCUT2D eigenvalue weighted by Crippen LogP contribution is -2.56. The van der Waals surface area contributed by atoms with Crippen molar-refractivity contribution in [2.24, 2.45) is 17.8 Å². The minimum atomic E-state index is -1.44. The lowest BCUT2D eigenvalue weighted by molar-refractivity contribution is -0.147. The van der Waals surface area contributed by atoms with E-state index in [2.05, 4.69) is 5.32 Å². The summed E-state index contributed by atoms with van der Waals surface area (Å²) < 4.78 is 9.83. The van der Waals surface area contributed by atoms with E-state index in [4.69, 9.17) is 9.47 Å². The van der Waals surface area contributed by atoms with E-state index in [0.29, 0.717) is 12.8 Å². The normalized spacial score (nSPS) is 33.8. The zero-order valence-corrected chi connectivity index (χ0v) is 12.6. The molecule has 7 nitrogen and oxygen atoms in total. The van der Waals surface area contributed by atoms with Gasteiger partial charge in [-0.3, -0.25) is 4.79 Å². The summed E-state index contributed by atoms with van der Waals surface area (Å²) in [5, 5.41) is 12.0. The van der Waals surface area contributed by atoms with Gasteiger partial charge in [0.05, 0.1) is 13.0 Å². The monoisotopic (exact) mass is 299 g/mol. The highest BCUT2D eigenvalue weighted by Crippen LogP contribution is 2.62. The average Bonchev–Trinajstić information content (AvgIpc) is 2.95. The summed E-state index contributed by atoms with van der Waals surface area (Å²) in [5.41, 5.74) is -2.15. The molecule has 0 radical (unpaired) electrons. The van der Waals surface area contributed by atoms with Crippen molar-refractivity contribution in [1.82, 2.24) is 5.32 Å². The Kier molecular flexibility index (Phi) is 3.63. The molecular formula is C14H21NO6. The van der Waals surface area contributed by atoms with Crippen LogP contribution in [-0.4, -0.2) is 41.4 Å². The number of hydrogen-bond donors (Lipinski definition) is 2. The van der Waals surface area contributed by atoms with Gasteiger partial charge in [0.2, 0.25) is 0 Å². The molecular weight excluding hydrogens is 278 g/mol. The number of methoxy groups -OCH3 is 1. The number of hydrogen-bond acceptors (Lipinski definition) is 5. The molecule has 2 aliphatic carbocycles. The summed E-state index contributed by atoms with van der Waals surface area (Å²) in [4.78, 5) is 35.3. The van der Waals surface area contributed by atoms with Gasteiger partial charge in [-0.25, -0.2) is 9.59 Å². The number of aliphatic carboxylic acids is 1. The van der Waals surface area contributed by atoms with Crippen LogP contribution in [0.5, 0.6) is 0 Å². The largest absolute Gasteiger partial charge is 0.479 e. The highest BCUT2D eigenvalue weighted by Gasteiger charge is 2.72. The molecule has 0 aliphatic heterocycles. The molecule has 4 atom stereocenters. The standard InChI is InChI=1S/C14H21NO6/c1-13(2,3)21-12(19)15-14(11(17)18)6-5-7-8(9(7)14)10(16)20-4/h7-9H,5-6H2,1-4H3,(H,15,19)(H,17,18)/t7-,8-,9-,14-/m0/s1. The smallest absolute Gasteiger partial charge is 0.408 e. The molecule has 1 amide bonds. The van der Waals surface area contributed by atoms with Gasteiger partial charge in [0.25, 0.3) is 0 Å². The number of carboxylic acids is 1. The third kappa shape index (κ3) is 2.69. The van der Waals surface area contributed by atoms with E-state index in [1.807, 2.05) is 0 Å². The number of fused-ring (bicyclic) bond motifs is 1. The number of carbonyl (C=O) groups excluding carboxylic acids is 2. The van der Waals surface area contributed by atoms with E-state index >= 15 is 0 Å². The maximum Gasteiger partial charge on any atom is 0.408 e. The Balaban J connectivity index is 2.14. The lowest BCUT2D eigenvalue weighted by Gasteiger charge is -2.30. The molecule has 118 valence electrons. The Hall–Kier alpha value is -1.79. The Morgan fingerprint density at radius 1 is 1.29 bits per heavy atom. The molecule has 2 N–H and O–H groups in total. The number of carboxylic acid groups (broad SMARTS) is 1. The SMILES string of the molecule is COC(=O)[C@H]1[C@@H]2CC[C@@](NC(=O)OC(C)(C)C)(C(=O)O)[C@@H]21. The van der Waals surface area contributed by atoms with Crippen LogP contribution in [0.4, 0.5) is 4.79 Å². The second-order valence-electron chi connectivity index (χ2n) is 6.68. The number of carbonyl (C=O) groups is 3. The first-order valence-corrected chi connectivity index (χ1v) is 6.95. The van der Waals surface area contributed by atoms with E-state index in [1.165, 1.54) is 7.11 Å². The van der Waals surface area contributed by atoms with Crippen LogP contribution in [0.25, 0.3) is 0 Å². The van der Waals surface area contributed by atoms with E-state index in [0.717, 1.165) is 0 Å². The average molecular weight is 299 g/mol.